The van der Waals surface area contributed by atoms with Crippen LogP contribution in [-0.4, -0.2) is 17.0 Å². The van der Waals surface area contributed by atoms with Crippen molar-refractivity contribution in [3.05, 3.63) is 0 Å². The second-order valence-corrected chi connectivity index (χ2v) is 4.29. The maximum atomic E-state index is 9.36. The van der Waals surface area contributed by atoms with E-state index in [1.54, 1.807) is 0 Å². The molecule has 86 valence electrons. The van der Waals surface area contributed by atoms with Gasteiger partial charge in [-0.3, -0.25) is 0 Å². The molecule has 0 aromatic rings. The molecule has 0 aromatic heterocycles. The van der Waals surface area contributed by atoms with Crippen molar-refractivity contribution in [2.75, 3.05) is 0 Å². The molecule has 0 aromatic carbocycles. The van der Waals surface area contributed by atoms with Crippen molar-refractivity contribution >= 4 is 0 Å². The number of aliphatic hydroxyl groups is 1. The summed E-state index contributed by atoms with van der Waals surface area (Å²) < 4.78 is 0. The lowest BCUT2D eigenvalue weighted by Gasteiger charge is -2.24. The molecule has 0 radical (unpaired) electrons. The minimum Gasteiger partial charge on any atom is -0.366 e. The summed E-state index contributed by atoms with van der Waals surface area (Å²) in [5.74, 6) is 0. The second kappa shape index (κ2) is 7.21. The first-order valence-corrected chi connectivity index (χ1v) is 5.54. The lowest BCUT2D eigenvalue weighted by atomic mass is 10.0. The highest BCUT2D eigenvalue weighted by Gasteiger charge is 2.20. The van der Waals surface area contributed by atoms with Crippen LogP contribution in [0.3, 0.4) is 0 Å². The Morgan fingerprint density at radius 2 is 1.86 bits per heavy atom. The van der Waals surface area contributed by atoms with E-state index in [-0.39, 0.29) is 5.60 Å². The van der Waals surface area contributed by atoms with Gasteiger partial charge in [0.2, 0.25) is 0 Å². The van der Waals surface area contributed by atoms with Crippen LogP contribution < -0.4 is 0 Å². The molecule has 0 saturated carbocycles. The number of hydrogen-bond donors (Lipinski definition) is 1. The van der Waals surface area contributed by atoms with Crippen LogP contribution in [0.5, 0.6) is 0 Å². The summed E-state index contributed by atoms with van der Waals surface area (Å²) in [5.41, 5.74) is -0.304. The Balaban J connectivity index is 3.58. The number of hydrogen-bond acceptors (Lipinski definition) is 3. The van der Waals surface area contributed by atoms with Crippen molar-refractivity contribution in [3.63, 3.8) is 0 Å². The predicted molar refractivity (Wildman–Crippen MR) is 56.7 cm³/mol. The maximum absolute atomic E-state index is 9.36. The molecule has 0 rings (SSSR count). The molecule has 0 bridgehead atoms. The molecule has 0 aliphatic rings. The molecule has 3 heteroatoms. The van der Waals surface area contributed by atoms with Gasteiger partial charge in [-0.25, -0.2) is 9.78 Å². The van der Waals surface area contributed by atoms with E-state index < -0.39 is 6.29 Å². The van der Waals surface area contributed by atoms with Gasteiger partial charge in [0.15, 0.2) is 6.29 Å². The molecule has 0 spiro atoms. The third kappa shape index (κ3) is 7.30. The SMILES string of the molecule is CCCCC(O)OOC(C)(C)CCC. The van der Waals surface area contributed by atoms with Crippen molar-refractivity contribution in [1.29, 1.82) is 0 Å². The van der Waals surface area contributed by atoms with Gasteiger partial charge in [-0.2, -0.15) is 0 Å². The van der Waals surface area contributed by atoms with Crippen LogP contribution in [0.4, 0.5) is 0 Å². The summed E-state index contributed by atoms with van der Waals surface area (Å²) in [4.78, 5) is 10.1. The Morgan fingerprint density at radius 1 is 1.21 bits per heavy atom. The lowest BCUT2D eigenvalue weighted by molar-refractivity contribution is -0.414. The molecule has 1 atom stereocenters. The monoisotopic (exact) mass is 204 g/mol. The topological polar surface area (TPSA) is 38.7 Å². The summed E-state index contributed by atoms with van der Waals surface area (Å²) in [6, 6.07) is 0. The van der Waals surface area contributed by atoms with Crippen LogP contribution in [0.2, 0.25) is 0 Å². The smallest absolute Gasteiger partial charge is 0.188 e. The minimum absolute atomic E-state index is 0.304. The summed E-state index contributed by atoms with van der Waals surface area (Å²) in [6.45, 7) is 8.10. The van der Waals surface area contributed by atoms with Gasteiger partial charge in [-0.1, -0.05) is 26.7 Å². The predicted octanol–water partition coefficient (Wildman–Crippen LogP) is 3.02. The van der Waals surface area contributed by atoms with Gasteiger partial charge in [0.1, 0.15) is 0 Å². The molecule has 0 saturated heterocycles. The van der Waals surface area contributed by atoms with Crippen molar-refractivity contribution in [2.45, 2.75) is 71.7 Å². The highest BCUT2D eigenvalue weighted by atomic mass is 17.2. The summed E-state index contributed by atoms with van der Waals surface area (Å²) >= 11 is 0. The van der Waals surface area contributed by atoms with Crippen molar-refractivity contribution in [3.8, 4) is 0 Å². The van der Waals surface area contributed by atoms with Gasteiger partial charge < -0.3 is 5.11 Å². The Labute approximate surface area is 87.3 Å². The van der Waals surface area contributed by atoms with Crippen molar-refractivity contribution < 1.29 is 14.9 Å². The highest BCUT2D eigenvalue weighted by Crippen LogP contribution is 2.18. The Hall–Kier alpha value is -0.120. The third-order valence-electron chi connectivity index (χ3n) is 2.04. The van der Waals surface area contributed by atoms with E-state index >= 15 is 0 Å². The normalized spacial score (nSPS) is 14.4. The largest absolute Gasteiger partial charge is 0.366 e. The van der Waals surface area contributed by atoms with Crippen LogP contribution >= 0.6 is 0 Å². The molecule has 1 N–H and O–H groups in total. The molecule has 0 aliphatic carbocycles. The van der Waals surface area contributed by atoms with Crippen LogP contribution in [0.15, 0.2) is 0 Å². The average molecular weight is 204 g/mol. The first-order chi connectivity index (χ1) is 6.52. The number of aliphatic hydroxyl groups excluding tert-OH is 1. The quantitative estimate of drug-likeness (QED) is 0.375. The van der Waals surface area contributed by atoms with Crippen LogP contribution in [0, 0.1) is 0 Å². The van der Waals surface area contributed by atoms with Crippen LogP contribution in [0.1, 0.15) is 59.8 Å². The van der Waals surface area contributed by atoms with E-state index in [0.29, 0.717) is 6.42 Å². The minimum atomic E-state index is -0.786. The molecule has 0 heterocycles. The molecule has 3 nitrogen and oxygen atoms in total. The van der Waals surface area contributed by atoms with Crippen molar-refractivity contribution in [1.82, 2.24) is 0 Å². The molecule has 0 amide bonds. The van der Waals surface area contributed by atoms with E-state index in [0.717, 1.165) is 25.7 Å². The molecule has 0 fully saturated rings. The fourth-order valence-electron chi connectivity index (χ4n) is 1.26. The van der Waals surface area contributed by atoms with Gasteiger partial charge in [0, 0.05) is 6.42 Å². The highest BCUT2D eigenvalue weighted by molar-refractivity contribution is 4.64. The zero-order valence-electron chi connectivity index (χ0n) is 9.88. The van der Waals surface area contributed by atoms with Gasteiger partial charge in [-0.15, -0.1) is 0 Å². The van der Waals surface area contributed by atoms with Gasteiger partial charge in [-0.05, 0) is 26.7 Å². The second-order valence-electron chi connectivity index (χ2n) is 4.29. The van der Waals surface area contributed by atoms with Crippen LogP contribution in [-0.2, 0) is 9.78 Å². The number of rotatable bonds is 8. The molecular formula is C11H24O3. The standard InChI is InChI=1S/C11H24O3/c1-5-7-8-10(12)13-14-11(3,4)9-6-2/h10,12H,5-9H2,1-4H3. The third-order valence-corrected chi connectivity index (χ3v) is 2.04. The van der Waals surface area contributed by atoms with E-state index in [4.69, 9.17) is 9.78 Å². The maximum Gasteiger partial charge on any atom is 0.188 e. The summed E-state index contributed by atoms with van der Waals surface area (Å²) in [6.07, 6.45) is 3.83. The average Bonchev–Trinajstić information content (AvgIpc) is 2.11. The Bertz CT molecular complexity index is 134. The van der Waals surface area contributed by atoms with E-state index in [2.05, 4.69) is 13.8 Å². The number of unbranched alkanes of at least 4 members (excludes halogenated alkanes) is 1. The molecule has 0 aliphatic heterocycles. The zero-order valence-corrected chi connectivity index (χ0v) is 9.88. The van der Waals surface area contributed by atoms with E-state index in [1.807, 2.05) is 13.8 Å². The first-order valence-electron chi connectivity index (χ1n) is 5.54. The van der Waals surface area contributed by atoms with E-state index in [1.165, 1.54) is 0 Å². The van der Waals surface area contributed by atoms with Crippen molar-refractivity contribution in [2.24, 2.45) is 0 Å². The Kier molecular flexibility index (Phi) is 7.15. The fourth-order valence-corrected chi connectivity index (χ4v) is 1.26. The van der Waals surface area contributed by atoms with Gasteiger partial charge >= 0.3 is 0 Å². The van der Waals surface area contributed by atoms with Gasteiger partial charge in [0.05, 0.1) is 5.60 Å². The molecule has 1 unspecified atom stereocenters. The van der Waals surface area contributed by atoms with Crippen LogP contribution in [0.25, 0.3) is 0 Å². The zero-order chi connectivity index (χ0) is 11.0. The first kappa shape index (κ1) is 13.9. The summed E-state index contributed by atoms with van der Waals surface area (Å²) in [7, 11) is 0. The van der Waals surface area contributed by atoms with E-state index in [9.17, 15) is 5.11 Å². The van der Waals surface area contributed by atoms with Gasteiger partial charge in [0.25, 0.3) is 0 Å². The Morgan fingerprint density at radius 3 is 2.36 bits per heavy atom. The lowest BCUT2D eigenvalue weighted by Crippen LogP contribution is -2.27. The fraction of sp³-hybridized carbons (Fsp3) is 1.00. The molecule has 14 heavy (non-hydrogen) atoms. The summed E-state index contributed by atoms with van der Waals surface area (Å²) in [5, 5.41) is 9.36. The molecular weight excluding hydrogens is 180 g/mol.